The quantitative estimate of drug-likeness (QED) is 0.160. The third-order valence-corrected chi connectivity index (χ3v) is 14.2. The van der Waals surface area contributed by atoms with E-state index in [0.29, 0.717) is 5.82 Å². The van der Waals surface area contributed by atoms with Crippen molar-refractivity contribution in [2.45, 2.75) is 6.92 Å². The summed E-state index contributed by atoms with van der Waals surface area (Å²) in [5, 5.41) is 7.41. The van der Waals surface area contributed by atoms with Gasteiger partial charge in [-0.1, -0.05) is 164 Å². The standard InChI is InChI=1S/C65H43N5/c1-42-38-47(32-35-50(42)43-28-30-45(31-29-43)58-41-57(44-16-4-2-5-17-44)66-65(67-58)46-18-6-3-7-19-46)68-63-36-33-48(69-59-24-12-8-20-51(59)52-21-9-13-25-60(52)69)39-55(63)56-40-49(34-37-64(56)68)70-61-26-14-10-22-53(61)54-23-11-15-27-62(54)70/h2-41H,1H3. The molecule has 0 amide bonds. The summed E-state index contributed by atoms with van der Waals surface area (Å²) in [6, 6.07) is 87.4. The first kappa shape index (κ1) is 39.8. The lowest BCUT2D eigenvalue weighted by atomic mass is 9.98. The van der Waals surface area contributed by atoms with Crippen molar-refractivity contribution in [1.82, 2.24) is 23.7 Å². The van der Waals surface area contributed by atoms with Gasteiger partial charge in [-0.3, -0.25) is 0 Å². The van der Waals surface area contributed by atoms with Crippen LogP contribution in [-0.4, -0.2) is 23.7 Å². The van der Waals surface area contributed by atoms with Crippen LogP contribution < -0.4 is 0 Å². The number of rotatable bonds is 7. The predicted molar refractivity (Wildman–Crippen MR) is 292 cm³/mol. The second kappa shape index (κ2) is 15.9. The summed E-state index contributed by atoms with van der Waals surface area (Å²) in [5.41, 5.74) is 18.9. The van der Waals surface area contributed by atoms with Crippen molar-refractivity contribution in [3.8, 4) is 62.1 Å². The number of nitrogens with zero attached hydrogens (tertiary/aromatic N) is 5. The molecule has 0 unspecified atom stereocenters. The van der Waals surface area contributed by atoms with E-state index < -0.39 is 0 Å². The summed E-state index contributed by atoms with van der Waals surface area (Å²) in [6.07, 6.45) is 0. The minimum atomic E-state index is 0.711. The van der Waals surface area contributed by atoms with Crippen LogP contribution in [0.25, 0.3) is 128 Å². The Morgan fingerprint density at radius 3 is 1.09 bits per heavy atom. The Hall–Kier alpha value is -9.32. The van der Waals surface area contributed by atoms with Crippen LogP contribution in [0, 0.1) is 6.92 Å². The Morgan fingerprint density at radius 2 is 0.629 bits per heavy atom. The fraction of sp³-hybridized carbons (Fsp3) is 0.0154. The minimum absolute atomic E-state index is 0.711. The number of hydrogen-bond donors (Lipinski definition) is 0. The molecule has 0 N–H and O–H groups in total. The molecule has 0 saturated carbocycles. The summed E-state index contributed by atoms with van der Waals surface area (Å²) in [5.74, 6) is 0.711. The summed E-state index contributed by atoms with van der Waals surface area (Å²) >= 11 is 0. The van der Waals surface area contributed by atoms with Crippen molar-refractivity contribution in [3.05, 3.63) is 248 Å². The summed E-state index contributed by atoms with van der Waals surface area (Å²) in [4.78, 5) is 10.1. The van der Waals surface area contributed by atoms with Crippen molar-refractivity contribution >= 4 is 65.4 Å². The summed E-state index contributed by atoms with van der Waals surface area (Å²) in [6.45, 7) is 2.23. The second-order valence-electron chi connectivity index (χ2n) is 18.2. The maximum atomic E-state index is 5.09. The van der Waals surface area contributed by atoms with Crippen LogP contribution in [0.4, 0.5) is 0 Å². The van der Waals surface area contributed by atoms with Crippen LogP contribution in [0.1, 0.15) is 5.56 Å². The van der Waals surface area contributed by atoms with Gasteiger partial charge in [-0.25, -0.2) is 9.97 Å². The van der Waals surface area contributed by atoms with Crippen LogP contribution in [0.2, 0.25) is 0 Å². The van der Waals surface area contributed by atoms with Crippen molar-refractivity contribution in [1.29, 1.82) is 0 Å². The van der Waals surface area contributed by atoms with Crippen LogP contribution in [-0.2, 0) is 0 Å². The highest BCUT2D eigenvalue weighted by molar-refractivity contribution is 6.14. The monoisotopic (exact) mass is 893 g/mol. The molecule has 0 aliphatic rings. The number of hydrogen-bond acceptors (Lipinski definition) is 2. The zero-order valence-electron chi connectivity index (χ0n) is 38.3. The number of fused-ring (bicyclic) bond motifs is 9. The van der Waals surface area contributed by atoms with E-state index in [1.54, 1.807) is 0 Å². The molecule has 5 nitrogen and oxygen atoms in total. The molecule has 0 radical (unpaired) electrons. The Kier molecular flexibility index (Phi) is 9.04. The Labute approximate surface area is 404 Å². The van der Waals surface area contributed by atoms with E-state index in [1.165, 1.54) is 65.5 Å². The third kappa shape index (κ3) is 6.33. The lowest BCUT2D eigenvalue weighted by Gasteiger charge is -2.14. The van der Waals surface area contributed by atoms with Gasteiger partial charge in [0.2, 0.25) is 0 Å². The molecule has 0 saturated heterocycles. The maximum absolute atomic E-state index is 5.09. The zero-order valence-corrected chi connectivity index (χ0v) is 38.3. The lowest BCUT2D eigenvalue weighted by molar-refractivity contribution is 1.15. The fourth-order valence-corrected chi connectivity index (χ4v) is 11.0. The Bertz CT molecular complexity index is 4010. The molecule has 0 aliphatic heterocycles. The van der Waals surface area contributed by atoms with E-state index >= 15 is 0 Å². The van der Waals surface area contributed by atoms with E-state index in [9.17, 15) is 0 Å². The van der Waals surface area contributed by atoms with E-state index in [1.807, 2.05) is 24.3 Å². The van der Waals surface area contributed by atoms with Crippen molar-refractivity contribution in [2.75, 3.05) is 0 Å². The SMILES string of the molecule is Cc1cc(-n2c3ccc(-n4c5ccccc5c5ccccc54)cc3c3cc(-n4c5ccccc5c5ccccc54)ccc32)ccc1-c1ccc(-c2cc(-c3ccccc3)nc(-c3ccccc3)n2)cc1. The number of benzene rings is 10. The molecule has 0 aliphatic carbocycles. The van der Waals surface area contributed by atoms with Crippen LogP contribution in [0.3, 0.4) is 0 Å². The topological polar surface area (TPSA) is 40.6 Å². The molecule has 70 heavy (non-hydrogen) atoms. The molecule has 14 aromatic rings. The zero-order chi connectivity index (χ0) is 46.3. The highest BCUT2D eigenvalue weighted by atomic mass is 15.0. The predicted octanol–water partition coefficient (Wildman–Crippen LogP) is 16.7. The number of aryl methyl sites for hydroxylation is 1. The van der Waals surface area contributed by atoms with Gasteiger partial charge in [0.15, 0.2) is 5.82 Å². The Balaban J connectivity index is 0.904. The van der Waals surface area contributed by atoms with Gasteiger partial charge in [-0.05, 0) is 102 Å². The van der Waals surface area contributed by atoms with E-state index in [2.05, 4.69) is 239 Å². The van der Waals surface area contributed by atoms with E-state index in [4.69, 9.17) is 9.97 Å². The largest absolute Gasteiger partial charge is 0.309 e. The molecular weight excluding hydrogens is 851 g/mol. The van der Waals surface area contributed by atoms with Crippen LogP contribution in [0.15, 0.2) is 243 Å². The van der Waals surface area contributed by atoms with Gasteiger partial charge in [-0.2, -0.15) is 0 Å². The van der Waals surface area contributed by atoms with Crippen molar-refractivity contribution in [2.24, 2.45) is 0 Å². The van der Waals surface area contributed by atoms with Crippen LogP contribution in [0.5, 0.6) is 0 Å². The van der Waals surface area contributed by atoms with Gasteiger partial charge in [0, 0.05) is 66.1 Å². The number of para-hydroxylation sites is 4. The minimum Gasteiger partial charge on any atom is -0.309 e. The molecule has 0 atom stereocenters. The molecule has 328 valence electrons. The van der Waals surface area contributed by atoms with Gasteiger partial charge in [0.05, 0.1) is 44.5 Å². The van der Waals surface area contributed by atoms with Crippen LogP contribution >= 0.6 is 0 Å². The van der Waals surface area contributed by atoms with Gasteiger partial charge >= 0.3 is 0 Å². The summed E-state index contributed by atoms with van der Waals surface area (Å²) < 4.78 is 7.28. The molecule has 4 aromatic heterocycles. The molecule has 4 heterocycles. The first-order valence-electron chi connectivity index (χ1n) is 23.9. The van der Waals surface area contributed by atoms with Gasteiger partial charge in [-0.15, -0.1) is 0 Å². The lowest BCUT2D eigenvalue weighted by Crippen LogP contribution is -1.97. The third-order valence-electron chi connectivity index (χ3n) is 14.2. The first-order valence-corrected chi connectivity index (χ1v) is 23.9. The van der Waals surface area contributed by atoms with Gasteiger partial charge < -0.3 is 13.7 Å². The highest BCUT2D eigenvalue weighted by Gasteiger charge is 2.20. The molecule has 0 spiro atoms. The molecule has 10 aromatic carbocycles. The van der Waals surface area contributed by atoms with E-state index in [-0.39, 0.29) is 0 Å². The smallest absolute Gasteiger partial charge is 0.160 e. The maximum Gasteiger partial charge on any atom is 0.160 e. The van der Waals surface area contributed by atoms with Gasteiger partial charge in [0.25, 0.3) is 0 Å². The Morgan fingerprint density at radius 1 is 0.271 bits per heavy atom. The average molecular weight is 894 g/mol. The first-order chi connectivity index (χ1) is 34.6. The van der Waals surface area contributed by atoms with Crippen molar-refractivity contribution < 1.29 is 0 Å². The van der Waals surface area contributed by atoms with E-state index in [0.717, 1.165) is 61.7 Å². The molecule has 0 bridgehead atoms. The average Bonchev–Trinajstić information content (AvgIpc) is 4.06. The van der Waals surface area contributed by atoms with Crippen molar-refractivity contribution in [3.63, 3.8) is 0 Å². The number of aromatic nitrogens is 5. The molecule has 5 heteroatoms. The fourth-order valence-electron chi connectivity index (χ4n) is 11.0. The normalized spacial score (nSPS) is 11.8. The second-order valence-corrected chi connectivity index (χ2v) is 18.2. The molecule has 14 rings (SSSR count). The molecular formula is C65H43N5. The van der Waals surface area contributed by atoms with Gasteiger partial charge in [0.1, 0.15) is 0 Å². The molecule has 0 fully saturated rings. The highest BCUT2D eigenvalue weighted by Crippen LogP contribution is 2.40. The summed E-state index contributed by atoms with van der Waals surface area (Å²) in [7, 11) is 0.